The summed E-state index contributed by atoms with van der Waals surface area (Å²) in [6.45, 7) is 4.95. The number of aliphatic hydroxyl groups excluding tert-OH is 2. The Labute approximate surface area is 494 Å². The van der Waals surface area contributed by atoms with Crippen molar-refractivity contribution in [3.8, 4) is 0 Å². The first kappa shape index (κ1) is 77.3. The Morgan fingerprint density at radius 2 is 0.608 bits per heavy atom. The van der Waals surface area contributed by atoms with E-state index >= 15 is 0 Å². The fourth-order valence-electron chi connectivity index (χ4n) is 11.4. The highest BCUT2D eigenvalue weighted by atomic mass is 16.5. The van der Waals surface area contributed by atoms with Gasteiger partial charge in [-0.2, -0.15) is 0 Å². The molecule has 0 spiro atoms. The lowest BCUT2D eigenvalue weighted by Gasteiger charge is -2.22. The van der Waals surface area contributed by atoms with E-state index in [0.29, 0.717) is 25.9 Å². The van der Waals surface area contributed by atoms with Crippen LogP contribution in [-0.4, -0.2) is 47.4 Å². The zero-order valence-electron chi connectivity index (χ0n) is 53.6. The van der Waals surface area contributed by atoms with Gasteiger partial charge in [0.25, 0.3) is 0 Å². The van der Waals surface area contributed by atoms with Crippen molar-refractivity contribution in [1.29, 1.82) is 0 Å². The van der Waals surface area contributed by atoms with Crippen LogP contribution in [0.25, 0.3) is 0 Å². The van der Waals surface area contributed by atoms with E-state index in [1.54, 1.807) is 0 Å². The fraction of sp³-hybridized carbons (Fsp3) is 0.918. The average Bonchev–Trinajstić information content (AvgIpc) is 3.45. The number of ether oxygens (including phenoxy) is 1. The predicted molar refractivity (Wildman–Crippen MR) is 347 cm³/mol. The smallest absolute Gasteiger partial charge is 0.305 e. The molecule has 468 valence electrons. The molecule has 0 rings (SSSR count). The average molecular weight is 1110 g/mol. The third-order valence-electron chi connectivity index (χ3n) is 17.0. The summed E-state index contributed by atoms with van der Waals surface area (Å²) in [6.07, 6.45) is 86.7. The quantitative estimate of drug-likeness (QED) is 0.0320. The van der Waals surface area contributed by atoms with Gasteiger partial charge in [0.05, 0.1) is 25.4 Å². The van der Waals surface area contributed by atoms with Crippen molar-refractivity contribution in [2.75, 3.05) is 13.2 Å². The number of hydrogen-bond acceptors (Lipinski definition) is 5. The third-order valence-corrected chi connectivity index (χ3v) is 17.0. The maximum absolute atomic E-state index is 12.5. The van der Waals surface area contributed by atoms with Crippen LogP contribution >= 0.6 is 0 Å². The lowest BCUT2D eigenvalue weighted by molar-refractivity contribution is -0.143. The maximum atomic E-state index is 12.5. The van der Waals surface area contributed by atoms with Crippen LogP contribution in [0.15, 0.2) is 24.3 Å². The van der Waals surface area contributed by atoms with Crippen LogP contribution in [0, 0.1) is 0 Å². The summed E-state index contributed by atoms with van der Waals surface area (Å²) in [5.41, 5.74) is 0. The molecule has 6 nitrogen and oxygen atoms in total. The second kappa shape index (κ2) is 68.8. The van der Waals surface area contributed by atoms with Crippen molar-refractivity contribution in [3.63, 3.8) is 0 Å². The largest absolute Gasteiger partial charge is 0.466 e. The molecule has 0 aliphatic heterocycles. The maximum Gasteiger partial charge on any atom is 0.305 e. The Morgan fingerprint density at radius 3 is 0.937 bits per heavy atom. The first-order chi connectivity index (χ1) is 39.0. The van der Waals surface area contributed by atoms with E-state index in [1.807, 2.05) is 0 Å². The van der Waals surface area contributed by atoms with Gasteiger partial charge in [-0.05, 0) is 70.6 Å². The first-order valence-corrected chi connectivity index (χ1v) is 36.1. The summed E-state index contributed by atoms with van der Waals surface area (Å²) in [4.78, 5) is 24.6. The summed E-state index contributed by atoms with van der Waals surface area (Å²) >= 11 is 0. The van der Waals surface area contributed by atoms with E-state index in [-0.39, 0.29) is 18.5 Å². The van der Waals surface area contributed by atoms with Gasteiger partial charge < -0.3 is 20.3 Å². The van der Waals surface area contributed by atoms with E-state index in [4.69, 9.17) is 4.74 Å². The summed E-state index contributed by atoms with van der Waals surface area (Å²) in [5.74, 6) is -0.0222. The van der Waals surface area contributed by atoms with E-state index in [9.17, 15) is 19.8 Å². The molecule has 2 unspecified atom stereocenters. The minimum atomic E-state index is -0.664. The fourth-order valence-corrected chi connectivity index (χ4v) is 11.4. The van der Waals surface area contributed by atoms with Gasteiger partial charge in [0.1, 0.15) is 0 Å². The second-order valence-corrected chi connectivity index (χ2v) is 24.9. The minimum Gasteiger partial charge on any atom is -0.466 e. The van der Waals surface area contributed by atoms with Crippen molar-refractivity contribution >= 4 is 11.9 Å². The van der Waals surface area contributed by atoms with Gasteiger partial charge in [0.15, 0.2) is 0 Å². The molecule has 6 heteroatoms. The summed E-state index contributed by atoms with van der Waals surface area (Å²) in [5, 5.41) is 23.4. The second-order valence-electron chi connectivity index (χ2n) is 24.9. The molecule has 79 heavy (non-hydrogen) atoms. The third kappa shape index (κ3) is 65.4. The van der Waals surface area contributed by atoms with Crippen LogP contribution in [0.1, 0.15) is 406 Å². The van der Waals surface area contributed by atoms with E-state index in [1.165, 1.54) is 327 Å². The molecule has 0 fully saturated rings. The highest BCUT2D eigenvalue weighted by molar-refractivity contribution is 5.76. The Balaban J connectivity index is 3.37. The number of nitrogens with one attached hydrogen (secondary N) is 1. The number of rotatable bonds is 68. The summed E-state index contributed by atoms with van der Waals surface area (Å²) in [6, 6.07) is -0.541. The van der Waals surface area contributed by atoms with Gasteiger partial charge in [-0.25, -0.2) is 0 Å². The number of esters is 1. The number of amides is 1. The van der Waals surface area contributed by atoms with E-state index < -0.39 is 12.1 Å². The molecule has 0 aromatic heterocycles. The van der Waals surface area contributed by atoms with Gasteiger partial charge in [-0.1, -0.05) is 346 Å². The minimum absolute atomic E-state index is 0.00661. The number of carbonyl (C=O) groups is 2. The topological polar surface area (TPSA) is 95.9 Å². The summed E-state index contributed by atoms with van der Waals surface area (Å²) < 4.78 is 5.47. The molecule has 0 aliphatic rings. The Bertz CT molecular complexity index is 1230. The molecule has 0 heterocycles. The summed E-state index contributed by atoms with van der Waals surface area (Å²) in [7, 11) is 0. The standard InChI is InChI=1S/C73H141NO5/c1-3-5-7-9-11-13-15-16-17-18-19-30-33-36-39-42-46-49-53-57-61-65-71(76)70(69-75)74-72(77)66-62-58-54-50-47-43-40-37-34-31-28-26-24-22-20-21-23-25-27-29-32-35-38-41-44-48-52-56-60-64-68-79-73(78)67-63-59-55-51-45-14-12-10-8-6-4-2/h10,12,21,23,70-71,75-76H,3-9,11,13-20,22,24-69H2,1-2H3,(H,74,77)/b12-10-,23-21-. The highest BCUT2D eigenvalue weighted by Crippen LogP contribution is 2.19. The molecule has 0 bridgehead atoms. The molecule has 1 amide bonds. The zero-order chi connectivity index (χ0) is 57.1. The Morgan fingerprint density at radius 1 is 0.342 bits per heavy atom. The van der Waals surface area contributed by atoms with Crippen LogP contribution < -0.4 is 5.32 Å². The van der Waals surface area contributed by atoms with Crippen molar-refractivity contribution in [1.82, 2.24) is 5.32 Å². The number of aliphatic hydroxyl groups is 2. The lowest BCUT2D eigenvalue weighted by atomic mass is 10.0. The molecule has 0 aromatic carbocycles. The van der Waals surface area contributed by atoms with Gasteiger partial charge in [-0.3, -0.25) is 9.59 Å². The van der Waals surface area contributed by atoms with Crippen LogP contribution in [0.4, 0.5) is 0 Å². The van der Waals surface area contributed by atoms with Crippen LogP contribution in [0.3, 0.4) is 0 Å². The normalized spacial score (nSPS) is 12.6. The van der Waals surface area contributed by atoms with Crippen molar-refractivity contribution in [2.24, 2.45) is 0 Å². The number of hydrogen-bond donors (Lipinski definition) is 3. The lowest BCUT2D eigenvalue weighted by Crippen LogP contribution is -2.45. The SMILES string of the molecule is CCCC/C=C\CCCCCCCC(=O)OCCCCCCCCCCCCCC/C=C\CCCCCCCCCCCCCCCCC(=O)NC(CO)C(O)CCCCCCCCCCCCCCCCCCCCCCC. The molecule has 0 aromatic rings. The molecule has 0 saturated heterocycles. The van der Waals surface area contributed by atoms with E-state index in [0.717, 1.165) is 44.9 Å². The van der Waals surface area contributed by atoms with Gasteiger partial charge in [0, 0.05) is 12.8 Å². The molecular formula is C73H141NO5. The molecule has 0 aliphatic carbocycles. The molecule has 0 saturated carbocycles. The predicted octanol–water partition coefficient (Wildman–Crippen LogP) is 23.3. The van der Waals surface area contributed by atoms with Crippen LogP contribution in [0.2, 0.25) is 0 Å². The van der Waals surface area contributed by atoms with E-state index in [2.05, 4.69) is 43.5 Å². The molecular weight excluding hydrogens is 971 g/mol. The number of unbranched alkanes of at least 4 members (excludes halogenated alkanes) is 53. The van der Waals surface area contributed by atoms with Crippen molar-refractivity contribution < 1.29 is 24.5 Å². The van der Waals surface area contributed by atoms with Crippen molar-refractivity contribution in [3.05, 3.63) is 24.3 Å². The van der Waals surface area contributed by atoms with Gasteiger partial charge >= 0.3 is 5.97 Å². The van der Waals surface area contributed by atoms with Gasteiger partial charge in [-0.15, -0.1) is 0 Å². The number of allylic oxidation sites excluding steroid dienone is 4. The Kier molecular flexibility index (Phi) is 67.4. The highest BCUT2D eigenvalue weighted by Gasteiger charge is 2.20. The monoisotopic (exact) mass is 1110 g/mol. The first-order valence-electron chi connectivity index (χ1n) is 36.1. The van der Waals surface area contributed by atoms with Crippen LogP contribution in [-0.2, 0) is 14.3 Å². The van der Waals surface area contributed by atoms with Crippen LogP contribution in [0.5, 0.6) is 0 Å². The molecule has 3 N–H and O–H groups in total. The van der Waals surface area contributed by atoms with Gasteiger partial charge in [0.2, 0.25) is 5.91 Å². The molecule has 2 atom stereocenters. The van der Waals surface area contributed by atoms with Crippen molar-refractivity contribution in [2.45, 2.75) is 418 Å². The zero-order valence-corrected chi connectivity index (χ0v) is 53.6. The number of carbonyl (C=O) groups excluding carboxylic acids is 2. The molecule has 0 radical (unpaired) electrons. The Hall–Kier alpha value is -1.66.